The molecule has 0 fully saturated rings. The number of rotatable bonds is 11. The van der Waals surface area contributed by atoms with Gasteiger partial charge in [0.05, 0.1) is 18.9 Å². The Hall–Kier alpha value is -1.36. The fraction of sp³-hybridized carbons (Fsp3) is 0.714. The maximum Gasteiger partial charge on any atom is 0.307 e. The molecule has 1 atom stereocenters. The van der Waals surface area contributed by atoms with Crippen molar-refractivity contribution in [3.63, 3.8) is 0 Å². The van der Waals surface area contributed by atoms with Crippen molar-refractivity contribution in [2.45, 2.75) is 45.4 Å². The molecule has 0 radical (unpaired) electrons. The van der Waals surface area contributed by atoms with Gasteiger partial charge in [0.1, 0.15) is 6.61 Å². The number of carbonyl (C=O) groups is 2. The number of carboxylic acid groups (broad SMARTS) is 1. The number of aliphatic carboxylic acids is 1. The molecule has 0 aromatic carbocycles. The van der Waals surface area contributed by atoms with Gasteiger partial charge in [0.15, 0.2) is 0 Å². The number of ether oxygens (including phenoxy) is 1. The zero-order valence-electron chi connectivity index (χ0n) is 11.5. The first-order valence-electron chi connectivity index (χ1n) is 6.72. The number of carboxylic acids is 1. The molecule has 5 nitrogen and oxygen atoms in total. The van der Waals surface area contributed by atoms with Crippen LogP contribution in [0.1, 0.15) is 45.4 Å². The highest BCUT2D eigenvalue weighted by Gasteiger charge is 2.21. The number of aliphatic hydroxyl groups excluding tert-OH is 1. The van der Waals surface area contributed by atoms with Gasteiger partial charge in [0.25, 0.3) is 0 Å². The number of hydrogen-bond acceptors (Lipinski definition) is 4. The smallest absolute Gasteiger partial charge is 0.307 e. The molecule has 0 aromatic heterocycles. The first-order chi connectivity index (χ1) is 9.11. The molecule has 0 saturated carbocycles. The Morgan fingerprint density at radius 2 is 2.00 bits per heavy atom. The van der Waals surface area contributed by atoms with E-state index in [0.717, 1.165) is 25.7 Å². The summed E-state index contributed by atoms with van der Waals surface area (Å²) in [5.41, 5.74) is 0. The van der Waals surface area contributed by atoms with E-state index < -0.39 is 17.9 Å². The molecule has 0 saturated heterocycles. The Kier molecular flexibility index (Phi) is 10.9. The SMILES string of the molecule is C/C=C/CCCCCC(CC(=O)OCCO)C(=O)O. The lowest BCUT2D eigenvalue weighted by atomic mass is 9.97. The van der Waals surface area contributed by atoms with E-state index in [-0.39, 0.29) is 19.6 Å². The highest BCUT2D eigenvalue weighted by atomic mass is 16.5. The molecule has 0 spiro atoms. The zero-order chi connectivity index (χ0) is 14.5. The molecule has 19 heavy (non-hydrogen) atoms. The molecule has 2 N–H and O–H groups in total. The summed E-state index contributed by atoms with van der Waals surface area (Å²) in [5, 5.41) is 17.5. The predicted octanol–water partition coefficient (Wildman–Crippen LogP) is 2.14. The maximum absolute atomic E-state index is 11.3. The summed E-state index contributed by atoms with van der Waals surface area (Å²) in [7, 11) is 0. The number of carbonyl (C=O) groups excluding carboxylic acids is 1. The van der Waals surface area contributed by atoms with E-state index in [1.807, 2.05) is 13.0 Å². The van der Waals surface area contributed by atoms with Crippen LogP contribution in [0.25, 0.3) is 0 Å². The Labute approximate surface area is 114 Å². The van der Waals surface area contributed by atoms with Crippen molar-refractivity contribution < 1.29 is 24.5 Å². The maximum atomic E-state index is 11.3. The average Bonchev–Trinajstić information content (AvgIpc) is 2.38. The van der Waals surface area contributed by atoms with Crippen molar-refractivity contribution in [1.29, 1.82) is 0 Å². The highest BCUT2D eigenvalue weighted by molar-refractivity contribution is 5.78. The van der Waals surface area contributed by atoms with Crippen LogP contribution in [0.2, 0.25) is 0 Å². The van der Waals surface area contributed by atoms with Crippen LogP contribution in [-0.2, 0) is 14.3 Å². The number of allylic oxidation sites excluding steroid dienone is 2. The minimum absolute atomic E-state index is 0.0749. The Morgan fingerprint density at radius 3 is 2.58 bits per heavy atom. The quantitative estimate of drug-likeness (QED) is 0.342. The van der Waals surface area contributed by atoms with Crippen molar-refractivity contribution in [3.05, 3.63) is 12.2 Å². The van der Waals surface area contributed by atoms with E-state index in [9.17, 15) is 9.59 Å². The predicted molar refractivity (Wildman–Crippen MR) is 71.7 cm³/mol. The minimum Gasteiger partial charge on any atom is -0.481 e. The summed E-state index contributed by atoms with van der Waals surface area (Å²) in [5.74, 6) is -2.21. The van der Waals surface area contributed by atoms with Crippen LogP contribution in [0, 0.1) is 5.92 Å². The number of esters is 1. The van der Waals surface area contributed by atoms with Crippen LogP contribution in [0.3, 0.4) is 0 Å². The molecule has 0 aromatic rings. The zero-order valence-corrected chi connectivity index (χ0v) is 11.5. The lowest BCUT2D eigenvalue weighted by Gasteiger charge is -2.11. The standard InChI is InChI=1S/C14H24O5/c1-2-3-4-5-6-7-8-12(14(17)18)11-13(16)19-10-9-15/h2-3,12,15H,4-11H2,1H3,(H,17,18)/b3-2+. The molecule has 1 unspecified atom stereocenters. The van der Waals surface area contributed by atoms with Crippen molar-refractivity contribution in [2.75, 3.05) is 13.2 Å². The largest absolute Gasteiger partial charge is 0.481 e. The Bertz CT molecular complexity index is 286. The second-order valence-corrected chi connectivity index (χ2v) is 4.39. The molecular weight excluding hydrogens is 248 g/mol. The van der Waals surface area contributed by atoms with Gasteiger partial charge >= 0.3 is 11.9 Å². The third-order valence-corrected chi connectivity index (χ3v) is 2.78. The summed E-state index contributed by atoms with van der Waals surface area (Å²) < 4.78 is 4.67. The van der Waals surface area contributed by atoms with Crippen molar-refractivity contribution in [1.82, 2.24) is 0 Å². The fourth-order valence-electron chi connectivity index (χ4n) is 1.73. The van der Waals surface area contributed by atoms with E-state index >= 15 is 0 Å². The summed E-state index contributed by atoms with van der Waals surface area (Å²) in [6, 6.07) is 0. The van der Waals surface area contributed by atoms with Crippen LogP contribution in [0.5, 0.6) is 0 Å². The van der Waals surface area contributed by atoms with E-state index in [2.05, 4.69) is 10.8 Å². The molecule has 5 heteroatoms. The van der Waals surface area contributed by atoms with E-state index in [1.165, 1.54) is 0 Å². The first-order valence-corrected chi connectivity index (χ1v) is 6.72. The monoisotopic (exact) mass is 272 g/mol. The van der Waals surface area contributed by atoms with Gasteiger partial charge in [-0.05, 0) is 26.2 Å². The van der Waals surface area contributed by atoms with E-state index in [0.29, 0.717) is 6.42 Å². The third-order valence-electron chi connectivity index (χ3n) is 2.78. The minimum atomic E-state index is -0.964. The van der Waals surface area contributed by atoms with Gasteiger partial charge < -0.3 is 14.9 Å². The van der Waals surface area contributed by atoms with Gasteiger partial charge in [-0.2, -0.15) is 0 Å². The Balaban J connectivity index is 3.86. The fourth-order valence-corrected chi connectivity index (χ4v) is 1.73. The second-order valence-electron chi connectivity index (χ2n) is 4.39. The van der Waals surface area contributed by atoms with E-state index in [4.69, 9.17) is 10.2 Å². The third kappa shape index (κ3) is 10.3. The van der Waals surface area contributed by atoms with Gasteiger partial charge in [-0.25, -0.2) is 0 Å². The van der Waals surface area contributed by atoms with Crippen LogP contribution in [0.4, 0.5) is 0 Å². The molecule has 0 bridgehead atoms. The highest BCUT2D eigenvalue weighted by Crippen LogP contribution is 2.15. The van der Waals surface area contributed by atoms with Crippen molar-refractivity contribution in [3.8, 4) is 0 Å². The Morgan fingerprint density at radius 1 is 1.26 bits per heavy atom. The lowest BCUT2D eigenvalue weighted by Crippen LogP contribution is -2.20. The van der Waals surface area contributed by atoms with Crippen LogP contribution >= 0.6 is 0 Å². The summed E-state index contributed by atoms with van der Waals surface area (Å²) in [4.78, 5) is 22.3. The van der Waals surface area contributed by atoms with Gasteiger partial charge in [-0.15, -0.1) is 0 Å². The lowest BCUT2D eigenvalue weighted by molar-refractivity contribution is -0.152. The first kappa shape index (κ1) is 17.6. The summed E-state index contributed by atoms with van der Waals surface area (Å²) in [6.07, 6.45) is 8.24. The summed E-state index contributed by atoms with van der Waals surface area (Å²) >= 11 is 0. The van der Waals surface area contributed by atoms with Crippen LogP contribution in [-0.4, -0.2) is 35.4 Å². The van der Waals surface area contributed by atoms with Crippen molar-refractivity contribution in [2.24, 2.45) is 5.92 Å². The molecule has 0 heterocycles. The van der Waals surface area contributed by atoms with Crippen LogP contribution in [0.15, 0.2) is 12.2 Å². The number of unbranched alkanes of at least 4 members (excludes halogenated alkanes) is 3. The van der Waals surface area contributed by atoms with Gasteiger partial charge in [0, 0.05) is 0 Å². The molecule has 0 aliphatic carbocycles. The van der Waals surface area contributed by atoms with Crippen LogP contribution < -0.4 is 0 Å². The molecule has 0 aliphatic heterocycles. The molecule has 0 rings (SSSR count). The molecule has 110 valence electrons. The van der Waals surface area contributed by atoms with Crippen molar-refractivity contribution >= 4 is 11.9 Å². The second kappa shape index (κ2) is 11.7. The van der Waals surface area contributed by atoms with Gasteiger partial charge in [-0.1, -0.05) is 25.0 Å². The van der Waals surface area contributed by atoms with Gasteiger partial charge in [0.2, 0.25) is 0 Å². The topological polar surface area (TPSA) is 83.8 Å². The molecular formula is C14H24O5. The normalized spacial score (nSPS) is 12.5. The molecule has 0 aliphatic rings. The van der Waals surface area contributed by atoms with E-state index in [1.54, 1.807) is 0 Å². The summed E-state index contributed by atoms with van der Waals surface area (Å²) in [6.45, 7) is 1.65. The molecule has 0 amide bonds. The van der Waals surface area contributed by atoms with Gasteiger partial charge in [-0.3, -0.25) is 9.59 Å². The number of aliphatic hydroxyl groups is 1. The average molecular weight is 272 g/mol. The number of hydrogen-bond donors (Lipinski definition) is 2.